The van der Waals surface area contributed by atoms with Gasteiger partial charge in [0.2, 0.25) is 0 Å². The zero-order valence-corrected chi connectivity index (χ0v) is 15.2. The van der Waals surface area contributed by atoms with Gasteiger partial charge in [-0.2, -0.15) is 0 Å². The molecule has 0 spiro atoms. The Bertz CT molecular complexity index is 428. The van der Waals surface area contributed by atoms with Gasteiger partial charge in [-0.15, -0.1) is 0 Å². The molecule has 0 aliphatic rings. The van der Waals surface area contributed by atoms with Gasteiger partial charge >= 0.3 is 0 Å². The summed E-state index contributed by atoms with van der Waals surface area (Å²) in [5.74, 6) is 0.879. The van der Waals surface area contributed by atoms with E-state index in [1.54, 1.807) is 6.20 Å². The molecule has 1 heterocycles. The smallest absolute Gasteiger partial charge is 0.191 e. The third-order valence-electron chi connectivity index (χ3n) is 4.04. The highest BCUT2D eigenvalue weighted by Crippen LogP contribution is 2.00. The van der Waals surface area contributed by atoms with E-state index in [1.807, 2.05) is 19.3 Å². The molecule has 1 aromatic heterocycles. The molecule has 130 valence electrons. The Kier molecular flexibility index (Phi) is 10.0. The van der Waals surface area contributed by atoms with E-state index >= 15 is 0 Å². The van der Waals surface area contributed by atoms with Gasteiger partial charge in [0.25, 0.3) is 0 Å². The number of nitrogens with one attached hydrogen (secondary N) is 2. The van der Waals surface area contributed by atoms with Gasteiger partial charge < -0.3 is 15.5 Å². The Morgan fingerprint density at radius 3 is 2.74 bits per heavy atom. The molecule has 0 amide bonds. The fourth-order valence-electron chi connectivity index (χ4n) is 2.53. The number of pyridine rings is 1. The molecule has 0 radical (unpaired) electrons. The van der Waals surface area contributed by atoms with Crippen LogP contribution in [0.2, 0.25) is 0 Å². The van der Waals surface area contributed by atoms with Crippen molar-refractivity contribution in [1.29, 1.82) is 0 Å². The summed E-state index contributed by atoms with van der Waals surface area (Å²) in [4.78, 5) is 10.9. The highest BCUT2D eigenvalue weighted by molar-refractivity contribution is 5.79. The van der Waals surface area contributed by atoms with E-state index in [9.17, 15) is 0 Å². The minimum atomic E-state index is 0.426. The van der Waals surface area contributed by atoms with Crippen LogP contribution < -0.4 is 10.6 Å². The number of aromatic nitrogens is 1. The first kappa shape index (κ1) is 19.4. The van der Waals surface area contributed by atoms with Crippen LogP contribution >= 0.6 is 0 Å². The van der Waals surface area contributed by atoms with E-state index in [-0.39, 0.29) is 0 Å². The second-order valence-electron chi connectivity index (χ2n) is 5.82. The Morgan fingerprint density at radius 1 is 1.35 bits per heavy atom. The van der Waals surface area contributed by atoms with E-state index in [2.05, 4.69) is 52.3 Å². The van der Waals surface area contributed by atoms with Crippen LogP contribution in [0.25, 0.3) is 0 Å². The molecular formula is C18H33N5. The Balaban J connectivity index is 2.22. The van der Waals surface area contributed by atoms with Crippen molar-refractivity contribution in [3.8, 4) is 0 Å². The van der Waals surface area contributed by atoms with Gasteiger partial charge in [-0.3, -0.25) is 9.98 Å². The van der Waals surface area contributed by atoms with E-state index in [0.717, 1.165) is 38.4 Å². The van der Waals surface area contributed by atoms with Gasteiger partial charge in [-0.25, -0.2) is 0 Å². The molecule has 0 fully saturated rings. The van der Waals surface area contributed by atoms with Crippen molar-refractivity contribution in [2.24, 2.45) is 4.99 Å². The molecule has 0 saturated heterocycles. The van der Waals surface area contributed by atoms with Crippen LogP contribution in [0.1, 0.15) is 39.2 Å². The highest BCUT2D eigenvalue weighted by atomic mass is 15.2. The number of hydrogen-bond acceptors (Lipinski definition) is 3. The van der Waals surface area contributed by atoms with Crippen LogP contribution in [-0.4, -0.2) is 55.1 Å². The number of nitrogens with zero attached hydrogens (tertiary/aromatic N) is 3. The standard InChI is InChI=1S/C18H33N5/c1-5-23(6-2)14-8-9-16(3)22-18(19-4)21-13-11-17-10-7-12-20-15-17/h7,10,12,15-16H,5-6,8-9,11,13-14H2,1-4H3,(H2,19,21,22). The topological polar surface area (TPSA) is 52.5 Å². The maximum atomic E-state index is 4.30. The molecule has 1 atom stereocenters. The minimum Gasteiger partial charge on any atom is -0.356 e. The lowest BCUT2D eigenvalue weighted by Crippen LogP contribution is -2.43. The normalized spacial score (nSPS) is 13.2. The summed E-state index contributed by atoms with van der Waals surface area (Å²) in [7, 11) is 1.82. The third kappa shape index (κ3) is 8.55. The number of guanidine groups is 1. The van der Waals surface area contributed by atoms with Crippen LogP contribution in [0.4, 0.5) is 0 Å². The van der Waals surface area contributed by atoms with E-state index < -0.39 is 0 Å². The molecule has 0 aliphatic carbocycles. The molecule has 5 heteroatoms. The first-order valence-electron chi connectivity index (χ1n) is 8.78. The van der Waals surface area contributed by atoms with Gasteiger partial charge in [0.05, 0.1) is 0 Å². The summed E-state index contributed by atoms with van der Waals surface area (Å²) in [6, 6.07) is 4.50. The Labute approximate surface area is 141 Å². The van der Waals surface area contributed by atoms with Gasteiger partial charge in [-0.05, 0) is 57.5 Å². The van der Waals surface area contributed by atoms with E-state index in [0.29, 0.717) is 6.04 Å². The van der Waals surface area contributed by atoms with Crippen LogP contribution in [0.15, 0.2) is 29.5 Å². The molecule has 0 aromatic carbocycles. The highest BCUT2D eigenvalue weighted by Gasteiger charge is 2.06. The van der Waals surface area contributed by atoms with Crippen LogP contribution in [0, 0.1) is 0 Å². The number of hydrogen-bond donors (Lipinski definition) is 2. The molecule has 1 unspecified atom stereocenters. The quantitative estimate of drug-likeness (QED) is 0.513. The summed E-state index contributed by atoms with van der Waals surface area (Å²) >= 11 is 0. The van der Waals surface area contributed by atoms with Crippen molar-refractivity contribution in [2.45, 2.75) is 46.1 Å². The fourth-order valence-corrected chi connectivity index (χ4v) is 2.53. The van der Waals surface area contributed by atoms with Gasteiger partial charge in [-0.1, -0.05) is 19.9 Å². The first-order chi connectivity index (χ1) is 11.2. The Hall–Kier alpha value is -1.62. The van der Waals surface area contributed by atoms with E-state index in [1.165, 1.54) is 18.5 Å². The molecular weight excluding hydrogens is 286 g/mol. The van der Waals surface area contributed by atoms with Crippen molar-refractivity contribution >= 4 is 5.96 Å². The maximum absolute atomic E-state index is 4.30. The molecule has 2 N–H and O–H groups in total. The van der Waals surface area contributed by atoms with Crippen LogP contribution in [0.5, 0.6) is 0 Å². The van der Waals surface area contributed by atoms with Crippen molar-refractivity contribution in [3.05, 3.63) is 30.1 Å². The fraction of sp³-hybridized carbons (Fsp3) is 0.667. The van der Waals surface area contributed by atoms with Gasteiger partial charge in [0, 0.05) is 32.0 Å². The van der Waals surface area contributed by atoms with Gasteiger partial charge in [0.15, 0.2) is 5.96 Å². The lowest BCUT2D eigenvalue weighted by atomic mass is 10.2. The van der Waals surface area contributed by atoms with Crippen LogP contribution in [-0.2, 0) is 6.42 Å². The van der Waals surface area contributed by atoms with Gasteiger partial charge in [0.1, 0.15) is 0 Å². The van der Waals surface area contributed by atoms with Crippen molar-refractivity contribution in [3.63, 3.8) is 0 Å². The van der Waals surface area contributed by atoms with Crippen molar-refractivity contribution < 1.29 is 0 Å². The monoisotopic (exact) mass is 319 g/mol. The molecule has 1 rings (SSSR count). The molecule has 0 bridgehead atoms. The lowest BCUT2D eigenvalue weighted by molar-refractivity contribution is 0.292. The minimum absolute atomic E-state index is 0.426. The molecule has 1 aromatic rings. The summed E-state index contributed by atoms with van der Waals surface area (Å²) in [6.45, 7) is 11.0. The zero-order chi connectivity index (χ0) is 16.9. The van der Waals surface area contributed by atoms with Crippen molar-refractivity contribution in [1.82, 2.24) is 20.5 Å². The molecule has 5 nitrogen and oxygen atoms in total. The number of aliphatic imine (C=N–C) groups is 1. The summed E-state index contributed by atoms with van der Waals surface area (Å²) in [6.07, 6.45) is 7.03. The zero-order valence-electron chi connectivity index (χ0n) is 15.2. The second kappa shape index (κ2) is 11.9. The predicted molar refractivity (Wildman–Crippen MR) is 98.9 cm³/mol. The summed E-state index contributed by atoms with van der Waals surface area (Å²) in [5.41, 5.74) is 1.24. The molecule has 23 heavy (non-hydrogen) atoms. The summed E-state index contributed by atoms with van der Waals surface area (Å²) < 4.78 is 0. The van der Waals surface area contributed by atoms with Crippen LogP contribution in [0.3, 0.4) is 0 Å². The average Bonchev–Trinajstić information content (AvgIpc) is 2.58. The maximum Gasteiger partial charge on any atom is 0.191 e. The Morgan fingerprint density at radius 2 is 2.13 bits per heavy atom. The third-order valence-corrected chi connectivity index (χ3v) is 4.04. The van der Waals surface area contributed by atoms with Crippen molar-refractivity contribution in [2.75, 3.05) is 33.2 Å². The summed E-state index contributed by atoms with van der Waals surface area (Å²) in [5, 5.41) is 6.84. The predicted octanol–water partition coefficient (Wildman–Crippen LogP) is 2.30. The molecule has 0 saturated carbocycles. The average molecular weight is 319 g/mol. The second-order valence-corrected chi connectivity index (χ2v) is 5.82. The molecule has 0 aliphatic heterocycles. The number of rotatable bonds is 10. The first-order valence-corrected chi connectivity index (χ1v) is 8.78. The largest absolute Gasteiger partial charge is 0.356 e. The van der Waals surface area contributed by atoms with E-state index in [4.69, 9.17) is 0 Å². The SMILES string of the molecule is CCN(CC)CCCC(C)NC(=NC)NCCc1cccnc1. The lowest BCUT2D eigenvalue weighted by Gasteiger charge is -2.21.